The molecule has 0 saturated carbocycles. The van der Waals surface area contributed by atoms with Crippen molar-refractivity contribution in [2.45, 2.75) is 25.1 Å². The van der Waals surface area contributed by atoms with Crippen molar-refractivity contribution >= 4 is 11.9 Å². The number of hydrogen-bond donors (Lipinski definition) is 1. The molecule has 4 heterocycles. The van der Waals surface area contributed by atoms with Gasteiger partial charge in [-0.2, -0.15) is 18.2 Å². The predicted octanol–water partition coefficient (Wildman–Crippen LogP) is 2.42. The molecule has 10 nitrogen and oxygen atoms in total. The van der Waals surface area contributed by atoms with Gasteiger partial charge in [0.2, 0.25) is 5.82 Å². The number of carbonyl (C=O) groups is 2. The van der Waals surface area contributed by atoms with E-state index in [0.29, 0.717) is 51.6 Å². The topological polar surface area (TPSA) is 110 Å². The van der Waals surface area contributed by atoms with Crippen molar-refractivity contribution in [1.82, 2.24) is 25.3 Å². The van der Waals surface area contributed by atoms with Gasteiger partial charge >= 0.3 is 18.1 Å². The Hall–Kier alpha value is -3.19. The standard InChI is InChI=1S/C23H26F3N5O5/c24-23(25,26)20-28-18(29-36-20)15-2-4-16(5-3-15)19(32)27-10-17-11-34-9-8-31(17)21(33)30-7-1-6-22(12-30)13-35-14-22/h2-5,17H,1,6-14H2,(H,27,32)/t17-/m0/s1. The van der Waals surface area contributed by atoms with Crippen LogP contribution in [0.15, 0.2) is 28.8 Å². The Labute approximate surface area is 204 Å². The summed E-state index contributed by atoms with van der Waals surface area (Å²) in [5.74, 6) is -2.04. The van der Waals surface area contributed by atoms with Gasteiger partial charge in [-0.3, -0.25) is 4.79 Å². The van der Waals surface area contributed by atoms with E-state index in [1.165, 1.54) is 24.3 Å². The third-order valence-corrected chi connectivity index (χ3v) is 6.79. The summed E-state index contributed by atoms with van der Waals surface area (Å²) in [6.07, 6.45) is -2.73. The number of ether oxygens (including phenoxy) is 2. The molecule has 3 saturated heterocycles. The third kappa shape index (κ3) is 5.03. The highest BCUT2D eigenvalue weighted by atomic mass is 19.4. The lowest BCUT2D eigenvalue weighted by atomic mass is 9.78. The summed E-state index contributed by atoms with van der Waals surface area (Å²) >= 11 is 0. The molecule has 1 aromatic heterocycles. The van der Waals surface area contributed by atoms with Crippen molar-refractivity contribution < 1.29 is 36.8 Å². The average molecular weight is 509 g/mol. The molecule has 0 aliphatic carbocycles. The first-order valence-electron chi connectivity index (χ1n) is 11.7. The Kier molecular flexibility index (Phi) is 6.60. The Morgan fingerprint density at radius 2 is 1.92 bits per heavy atom. The first kappa shape index (κ1) is 24.5. The van der Waals surface area contributed by atoms with Crippen molar-refractivity contribution in [3.63, 3.8) is 0 Å². The Morgan fingerprint density at radius 3 is 2.58 bits per heavy atom. The summed E-state index contributed by atoms with van der Waals surface area (Å²) in [6.45, 7) is 4.15. The number of amides is 3. The molecule has 1 aromatic carbocycles. The monoisotopic (exact) mass is 509 g/mol. The smallest absolute Gasteiger partial charge is 0.380 e. The van der Waals surface area contributed by atoms with Crippen molar-refractivity contribution in [2.24, 2.45) is 5.41 Å². The zero-order chi connectivity index (χ0) is 25.3. The van der Waals surface area contributed by atoms with Crippen LogP contribution in [0.1, 0.15) is 29.1 Å². The fraction of sp³-hybridized carbons (Fsp3) is 0.565. The van der Waals surface area contributed by atoms with Gasteiger partial charge in [-0.25, -0.2) is 4.79 Å². The molecule has 1 N–H and O–H groups in total. The number of nitrogens with zero attached hydrogens (tertiary/aromatic N) is 4. The summed E-state index contributed by atoms with van der Waals surface area (Å²) in [5, 5.41) is 6.17. The fourth-order valence-corrected chi connectivity index (χ4v) is 4.79. The number of benzene rings is 1. The fourth-order valence-electron chi connectivity index (χ4n) is 4.79. The van der Waals surface area contributed by atoms with Crippen LogP contribution in [-0.2, 0) is 15.7 Å². The van der Waals surface area contributed by atoms with Crippen LogP contribution >= 0.6 is 0 Å². The van der Waals surface area contributed by atoms with Crippen molar-refractivity contribution in [3.05, 3.63) is 35.7 Å². The van der Waals surface area contributed by atoms with Gasteiger partial charge in [0, 0.05) is 42.7 Å². The van der Waals surface area contributed by atoms with Gasteiger partial charge in [0.15, 0.2) is 0 Å². The first-order chi connectivity index (χ1) is 17.2. The van der Waals surface area contributed by atoms with Gasteiger partial charge in [0.05, 0.1) is 32.5 Å². The number of piperidine rings is 1. The van der Waals surface area contributed by atoms with Gasteiger partial charge in [0.25, 0.3) is 5.91 Å². The second kappa shape index (κ2) is 9.69. The molecule has 1 spiro atoms. The van der Waals surface area contributed by atoms with Gasteiger partial charge in [0.1, 0.15) is 0 Å². The highest BCUT2D eigenvalue weighted by Crippen LogP contribution is 2.37. The number of nitrogens with one attached hydrogen (secondary N) is 1. The Morgan fingerprint density at radius 1 is 1.14 bits per heavy atom. The number of likely N-dealkylation sites (tertiary alicyclic amines) is 1. The molecule has 0 radical (unpaired) electrons. The highest BCUT2D eigenvalue weighted by Gasteiger charge is 2.44. The second-order valence-corrected chi connectivity index (χ2v) is 9.43. The zero-order valence-electron chi connectivity index (χ0n) is 19.4. The van der Waals surface area contributed by atoms with Crippen LogP contribution in [0.25, 0.3) is 11.4 Å². The van der Waals surface area contributed by atoms with Gasteiger partial charge in [-0.05, 0) is 25.0 Å². The van der Waals surface area contributed by atoms with Crippen LogP contribution in [0.4, 0.5) is 18.0 Å². The third-order valence-electron chi connectivity index (χ3n) is 6.79. The van der Waals surface area contributed by atoms with Crippen LogP contribution in [0.5, 0.6) is 0 Å². The number of halogens is 3. The number of hydrogen-bond acceptors (Lipinski definition) is 7. The molecule has 2 aromatic rings. The first-order valence-corrected chi connectivity index (χ1v) is 11.7. The molecule has 36 heavy (non-hydrogen) atoms. The van der Waals surface area contributed by atoms with Gasteiger partial charge in [-0.1, -0.05) is 17.3 Å². The molecule has 3 fully saturated rings. The molecular formula is C23H26F3N5O5. The van der Waals surface area contributed by atoms with Crippen LogP contribution in [-0.4, -0.2) is 90.5 Å². The van der Waals surface area contributed by atoms with Crippen LogP contribution in [0.2, 0.25) is 0 Å². The summed E-state index contributed by atoms with van der Waals surface area (Å²) in [4.78, 5) is 33.0. The molecular weight excluding hydrogens is 483 g/mol. The number of morpholine rings is 1. The molecule has 3 amide bonds. The molecule has 0 bridgehead atoms. The van der Waals surface area contributed by atoms with E-state index in [2.05, 4.69) is 20.0 Å². The highest BCUT2D eigenvalue weighted by molar-refractivity contribution is 5.94. The van der Waals surface area contributed by atoms with E-state index < -0.39 is 12.1 Å². The number of rotatable bonds is 4. The summed E-state index contributed by atoms with van der Waals surface area (Å²) < 4.78 is 53.2. The van der Waals surface area contributed by atoms with Gasteiger partial charge < -0.3 is 29.1 Å². The number of alkyl halides is 3. The Balaban J connectivity index is 1.18. The van der Waals surface area contributed by atoms with Gasteiger partial charge in [-0.15, -0.1) is 0 Å². The van der Waals surface area contributed by atoms with Crippen molar-refractivity contribution in [1.29, 1.82) is 0 Å². The molecule has 0 unspecified atom stereocenters. The quantitative estimate of drug-likeness (QED) is 0.674. The maximum Gasteiger partial charge on any atom is 0.471 e. The van der Waals surface area contributed by atoms with E-state index >= 15 is 0 Å². The molecule has 3 aliphatic heterocycles. The number of carbonyl (C=O) groups excluding carboxylic acids is 2. The minimum atomic E-state index is -4.73. The van der Waals surface area contributed by atoms with Crippen molar-refractivity contribution in [2.75, 3.05) is 52.6 Å². The lowest BCUT2D eigenvalue weighted by Gasteiger charge is -2.49. The van der Waals surface area contributed by atoms with E-state index in [4.69, 9.17) is 9.47 Å². The summed E-state index contributed by atoms with van der Waals surface area (Å²) in [7, 11) is 0. The average Bonchev–Trinajstić information content (AvgIpc) is 3.37. The Bertz CT molecular complexity index is 1100. The van der Waals surface area contributed by atoms with Crippen molar-refractivity contribution in [3.8, 4) is 11.4 Å². The minimum absolute atomic E-state index is 0.0498. The molecule has 194 valence electrons. The maximum absolute atomic E-state index is 13.3. The largest absolute Gasteiger partial charge is 0.471 e. The van der Waals surface area contributed by atoms with E-state index in [-0.39, 0.29) is 41.3 Å². The molecule has 1 atom stereocenters. The molecule has 3 aliphatic rings. The van der Waals surface area contributed by atoms with Crippen LogP contribution in [0, 0.1) is 5.41 Å². The number of aromatic nitrogens is 2. The second-order valence-electron chi connectivity index (χ2n) is 9.43. The van der Waals surface area contributed by atoms with Crippen LogP contribution < -0.4 is 5.32 Å². The normalized spacial score (nSPS) is 21.8. The van der Waals surface area contributed by atoms with E-state index in [0.717, 1.165) is 12.8 Å². The van der Waals surface area contributed by atoms with E-state index in [1.54, 1.807) is 4.90 Å². The predicted molar refractivity (Wildman–Crippen MR) is 118 cm³/mol. The maximum atomic E-state index is 13.3. The molecule has 13 heteroatoms. The lowest BCUT2D eigenvalue weighted by molar-refractivity contribution is -0.159. The summed E-state index contributed by atoms with van der Waals surface area (Å²) in [6, 6.07) is 5.44. The van der Waals surface area contributed by atoms with E-state index in [1.807, 2.05) is 4.90 Å². The lowest BCUT2D eigenvalue weighted by Crippen LogP contribution is -2.61. The minimum Gasteiger partial charge on any atom is -0.380 e. The summed E-state index contributed by atoms with van der Waals surface area (Å²) in [5.41, 5.74) is 0.654. The number of urea groups is 1. The van der Waals surface area contributed by atoms with Crippen LogP contribution in [0.3, 0.4) is 0 Å². The molecule has 5 rings (SSSR count). The zero-order valence-corrected chi connectivity index (χ0v) is 19.4. The SMILES string of the molecule is O=C(NC[C@H]1COCCN1C(=O)N1CCCC2(COC2)C1)c1ccc(-c2noc(C(F)(F)F)n2)cc1. The van der Waals surface area contributed by atoms with E-state index in [9.17, 15) is 22.8 Å².